The molecule has 114 valence electrons. The first-order valence-electron chi connectivity index (χ1n) is 5.88. The molecule has 2 aromatic rings. The van der Waals surface area contributed by atoms with Crippen molar-refractivity contribution < 1.29 is 21.7 Å². The maximum absolute atomic E-state index is 13.7. The van der Waals surface area contributed by atoms with Gasteiger partial charge in [-0.1, -0.05) is 5.16 Å². The van der Waals surface area contributed by atoms with Gasteiger partial charge in [0.25, 0.3) is 0 Å². The van der Waals surface area contributed by atoms with Crippen molar-refractivity contribution in [3.8, 4) is 0 Å². The van der Waals surface area contributed by atoms with E-state index in [4.69, 9.17) is 10.3 Å². The number of hydrogen-bond donors (Lipinski definition) is 2. The molecule has 21 heavy (non-hydrogen) atoms. The number of sulfonamides is 1. The number of aryl methyl sites for hydroxylation is 2. The Kier molecular flexibility index (Phi) is 3.97. The third kappa shape index (κ3) is 3.03. The Hall–Kier alpha value is -2.00. The molecule has 1 aromatic heterocycles. The zero-order valence-electron chi connectivity index (χ0n) is 11.3. The van der Waals surface area contributed by atoms with Crippen molar-refractivity contribution in [1.82, 2.24) is 9.88 Å². The van der Waals surface area contributed by atoms with E-state index in [-0.39, 0.29) is 12.2 Å². The molecule has 2 rings (SSSR count). The molecule has 0 atom stereocenters. The van der Waals surface area contributed by atoms with E-state index in [1.165, 1.54) is 0 Å². The Balaban J connectivity index is 2.32. The zero-order chi connectivity index (χ0) is 15.8. The van der Waals surface area contributed by atoms with Crippen LogP contribution in [0.3, 0.4) is 0 Å². The molecule has 6 nitrogen and oxygen atoms in total. The second kappa shape index (κ2) is 5.41. The van der Waals surface area contributed by atoms with E-state index in [9.17, 15) is 17.2 Å². The van der Waals surface area contributed by atoms with Crippen molar-refractivity contribution >= 4 is 15.7 Å². The number of hydrogen-bond acceptors (Lipinski definition) is 5. The summed E-state index contributed by atoms with van der Waals surface area (Å²) in [7, 11) is -4.37. The van der Waals surface area contributed by atoms with Crippen LogP contribution >= 0.6 is 0 Å². The summed E-state index contributed by atoms with van der Waals surface area (Å²) in [4.78, 5) is -1.07. The molecule has 9 heteroatoms. The van der Waals surface area contributed by atoms with Crippen molar-refractivity contribution in [2.75, 3.05) is 5.73 Å². The third-order valence-corrected chi connectivity index (χ3v) is 4.36. The molecule has 0 aliphatic rings. The highest BCUT2D eigenvalue weighted by Crippen LogP contribution is 2.22. The van der Waals surface area contributed by atoms with Gasteiger partial charge >= 0.3 is 0 Å². The van der Waals surface area contributed by atoms with Gasteiger partial charge in [-0.3, -0.25) is 0 Å². The third-order valence-electron chi connectivity index (χ3n) is 2.91. The van der Waals surface area contributed by atoms with Crippen LogP contribution in [0.5, 0.6) is 0 Å². The molecule has 0 unspecified atom stereocenters. The number of nitrogens with two attached hydrogens (primary N) is 1. The van der Waals surface area contributed by atoms with E-state index >= 15 is 0 Å². The van der Waals surface area contributed by atoms with Crippen LogP contribution in [0.1, 0.15) is 17.0 Å². The first-order chi connectivity index (χ1) is 9.72. The minimum absolute atomic E-state index is 0.188. The maximum atomic E-state index is 13.7. The number of halogens is 2. The average molecular weight is 317 g/mol. The van der Waals surface area contributed by atoms with Gasteiger partial charge in [-0.25, -0.2) is 21.9 Å². The summed E-state index contributed by atoms with van der Waals surface area (Å²) < 4.78 is 58.4. The molecule has 0 fully saturated rings. The van der Waals surface area contributed by atoms with Crippen LogP contribution in [0.15, 0.2) is 21.6 Å². The highest BCUT2D eigenvalue weighted by atomic mass is 32.2. The van der Waals surface area contributed by atoms with Crippen molar-refractivity contribution in [3.63, 3.8) is 0 Å². The molecule has 0 spiro atoms. The number of benzene rings is 1. The average Bonchev–Trinajstić information content (AvgIpc) is 2.65. The Morgan fingerprint density at radius 2 is 1.86 bits per heavy atom. The van der Waals surface area contributed by atoms with E-state index in [1.807, 2.05) is 0 Å². The molecule has 0 radical (unpaired) electrons. The Bertz CT molecular complexity index is 745. The first-order valence-corrected chi connectivity index (χ1v) is 7.36. The van der Waals surface area contributed by atoms with Gasteiger partial charge in [-0.15, -0.1) is 0 Å². The number of nitrogens with zero attached hydrogens (tertiary/aromatic N) is 1. The summed E-state index contributed by atoms with van der Waals surface area (Å²) in [6.45, 7) is 3.05. The standard InChI is InChI=1S/C12H13F2N3O3S/c1-6-9(7(2)20-17-6)5-16-21(18,19)12-10(13)3-8(15)4-11(12)14/h3-4,16H,5,15H2,1-2H3. The highest BCUT2D eigenvalue weighted by molar-refractivity contribution is 7.89. The molecule has 0 aliphatic heterocycles. The molecule has 1 heterocycles. The summed E-state index contributed by atoms with van der Waals surface area (Å²) in [5.41, 5.74) is 6.05. The minimum atomic E-state index is -4.37. The molecule has 0 bridgehead atoms. The van der Waals surface area contributed by atoms with Crippen LogP contribution in [-0.2, 0) is 16.6 Å². The SMILES string of the molecule is Cc1noc(C)c1CNS(=O)(=O)c1c(F)cc(N)cc1F. The van der Waals surface area contributed by atoms with Gasteiger partial charge in [0.1, 0.15) is 17.4 Å². The van der Waals surface area contributed by atoms with Gasteiger partial charge in [0.15, 0.2) is 4.90 Å². The van der Waals surface area contributed by atoms with Crippen molar-refractivity contribution in [2.45, 2.75) is 25.3 Å². The molecule has 0 saturated carbocycles. The lowest BCUT2D eigenvalue weighted by atomic mass is 10.2. The summed E-state index contributed by atoms with van der Waals surface area (Å²) in [6.07, 6.45) is 0. The van der Waals surface area contributed by atoms with E-state index in [2.05, 4.69) is 9.88 Å². The lowest BCUT2D eigenvalue weighted by Crippen LogP contribution is -2.25. The fourth-order valence-corrected chi connectivity index (χ4v) is 2.94. The van der Waals surface area contributed by atoms with Crippen LogP contribution in [0.2, 0.25) is 0 Å². The zero-order valence-corrected chi connectivity index (χ0v) is 12.1. The molecular formula is C12H13F2N3O3S. The number of anilines is 1. The topological polar surface area (TPSA) is 98.2 Å². The molecule has 0 saturated heterocycles. The molecule has 0 amide bonds. The smallest absolute Gasteiger partial charge is 0.246 e. The Morgan fingerprint density at radius 1 is 1.29 bits per heavy atom. The van der Waals surface area contributed by atoms with Crippen LogP contribution in [0.4, 0.5) is 14.5 Å². The van der Waals surface area contributed by atoms with Crippen molar-refractivity contribution in [3.05, 3.63) is 40.8 Å². The van der Waals surface area contributed by atoms with Gasteiger partial charge in [0.2, 0.25) is 10.0 Å². The summed E-state index contributed by atoms with van der Waals surface area (Å²) in [5, 5.41) is 3.66. The Morgan fingerprint density at radius 3 is 2.33 bits per heavy atom. The van der Waals surface area contributed by atoms with E-state index < -0.39 is 26.6 Å². The summed E-state index contributed by atoms with van der Waals surface area (Å²) >= 11 is 0. The molecule has 3 N–H and O–H groups in total. The highest BCUT2D eigenvalue weighted by Gasteiger charge is 2.25. The number of aromatic nitrogens is 1. The van der Waals surface area contributed by atoms with E-state index in [0.29, 0.717) is 17.0 Å². The molecular weight excluding hydrogens is 304 g/mol. The minimum Gasteiger partial charge on any atom is -0.399 e. The maximum Gasteiger partial charge on any atom is 0.246 e. The predicted molar refractivity (Wildman–Crippen MR) is 70.8 cm³/mol. The van der Waals surface area contributed by atoms with Gasteiger partial charge in [0, 0.05) is 17.8 Å². The second-order valence-electron chi connectivity index (χ2n) is 4.44. The Labute approximate surface area is 120 Å². The van der Waals surface area contributed by atoms with E-state index in [0.717, 1.165) is 12.1 Å². The second-order valence-corrected chi connectivity index (χ2v) is 6.14. The van der Waals surface area contributed by atoms with E-state index in [1.54, 1.807) is 13.8 Å². The van der Waals surface area contributed by atoms with Crippen LogP contribution in [0.25, 0.3) is 0 Å². The predicted octanol–water partition coefficient (Wildman–Crippen LogP) is 1.63. The fourth-order valence-electron chi connectivity index (χ4n) is 1.83. The largest absolute Gasteiger partial charge is 0.399 e. The van der Waals surface area contributed by atoms with Crippen LogP contribution in [0, 0.1) is 25.5 Å². The van der Waals surface area contributed by atoms with Crippen LogP contribution in [-0.4, -0.2) is 13.6 Å². The quantitative estimate of drug-likeness (QED) is 0.835. The van der Waals surface area contributed by atoms with Gasteiger partial charge in [-0.2, -0.15) is 0 Å². The lowest BCUT2D eigenvalue weighted by molar-refractivity contribution is 0.392. The number of rotatable bonds is 4. The van der Waals surface area contributed by atoms with Crippen LogP contribution < -0.4 is 10.5 Å². The monoisotopic (exact) mass is 317 g/mol. The lowest BCUT2D eigenvalue weighted by Gasteiger charge is -2.09. The normalized spacial score (nSPS) is 11.8. The van der Waals surface area contributed by atoms with Crippen molar-refractivity contribution in [1.29, 1.82) is 0 Å². The first kappa shape index (κ1) is 15.4. The fraction of sp³-hybridized carbons (Fsp3) is 0.250. The van der Waals surface area contributed by atoms with Gasteiger partial charge in [0.05, 0.1) is 5.69 Å². The summed E-state index contributed by atoms with van der Waals surface area (Å²) in [6, 6.07) is 1.49. The van der Waals surface area contributed by atoms with Crippen molar-refractivity contribution in [2.24, 2.45) is 0 Å². The summed E-state index contributed by atoms with van der Waals surface area (Å²) in [5.74, 6) is -2.08. The van der Waals surface area contributed by atoms with Gasteiger partial charge in [-0.05, 0) is 26.0 Å². The number of nitrogens with one attached hydrogen (secondary N) is 1. The van der Waals surface area contributed by atoms with Gasteiger partial charge < -0.3 is 10.3 Å². The number of nitrogen functional groups attached to an aromatic ring is 1. The molecule has 1 aromatic carbocycles. The molecule has 0 aliphatic carbocycles.